The molecule has 0 aliphatic heterocycles. The van der Waals surface area contributed by atoms with Crippen LogP contribution in [0.3, 0.4) is 0 Å². The quantitative estimate of drug-likeness (QED) is 0.603. The van der Waals surface area contributed by atoms with Gasteiger partial charge in [-0.05, 0) is 19.1 Å². The van der Waals surface area contributed by atoms with Gasteiger partial charge in [0.2, 0.25) is 0 Å². The fraction of sp³-hybridized carbons (Fsp3) is 0.364. The van der Waals surface area contributed by atoms with E-state index in [1.807, 2.05) is 6.07 Å². The zero-order valence-corrected chi connectivity index (χ0v) is 9.10. The molecule has 2 amide bonds. The molecule has 1 rings (SSSR count). The smallest absolute Gasteiger partial charge is 0.319 e. The Morgan fingerprint density at radius 2 is 2.00 bits per heavy atom. The molecule has 1 aromatic rings. The number of nitrogens with one attached hydrogen (secondary N) is 2. The number of aliphatic hydroxyl groups excluding tert-OH is 1. The van der Waals surface area contributed by atoms with Gasteiger partial charge in [0, 0.05) is 5.69 Å². The minimum atomic E-state index is -1.30. The molecule has 88 valence electrons. The average molecular weight is 224 g/mol. The van der Waals surface area contributed by atoms with Crippen LogP contribution in [0, 0.1) is 0 Å². The topological polar surface area (TPSA) is 81.6 Å². The molecular formula is C11H16N2O3. The van der Waals surface area contributed by atoms with E-state index in [9.17, 15) is 9.90 Å². The van der Waals surface area contributed by atoms with Crippen molar-refractivity contribution in [2.75, 3.05) is 18.5 Å². The second kappa shape index (κ2) is 5.48. The van der Waals surface area contributed by atoms with E-state index < -0.39 is 18.2 Å². The van der Waals surface area contributed by atoms with E-state index in [0.717, 1.165) is 0 Å². The number of para-hydroxylation sites is 1. The molecule has 0 saturated carbocycles. The first-order valence-corrected chi connectivity index (χ1v) is 4.97. The summed E-state index contributed by atoms with van der Waals surface area (Å²) in [6.45, 7) is 1.02. The number of amides is 2. The fourth-order valence-electron chi connectivity index (χ4n) is 1.02. The molecule has 16 heavy (non-hydrogen) atoms. The Morgan fingerprint density at radius 3 is 2.56 bits per heavy atom. The highest BCUT2D eigenvalue weighted by Crippen LogP contribution is 2.04. The van der Waals surface area contributed by atoms with Gasteiger partial charge in [0.05, 0.1) is 13.2 Å². The lowest BCUT2D eigenvalue weighted by atomic mass is 10.1. The van der Waals surface area contributed by atoms with E-state index in [-0.39, 0.29) is 6.54 Å². The van der Waals surface area contributed by atoms with Gasteiger partial charge in [-0.1, -0.05) is 18.2 Å². The normalized spacial score (nSPS) is 13.9. The van der Waals surface area contributed by atoms with Crippen molar-refractivity contribution in [1.29, 1.82) is 0 Å². The lowest BCUT2D eigenvalue weighted by Gasteiger charge is -2.20. The van der Waals surface area contributed by atoms with Crippen LogP contribution >= 0.6 is 0 Å². The zero-order valence-electron chi connectivity index (χ0n) is 9.10. The van der Waals surface area contributed by atoms with Crippen LogP contribution in [0.2, 0.25) is 0 Å². The van der Waals surface area contributed by atoms with Gasteiger partial charge >= 0.3 is 6.03 Å². The Balaban J connectivity index is 2.38. The highest BCUT2D eigenvalue weighted by Gasteiger charge is 2.19. The first kappa shape index (κ1) is 12.5. The van der Waals surface area contributed by atoms with Gasteiger partial charge < -0.3 is 20.8 Å². The van der Waals surface area contributed by atoms with Crippen LogP contribution in [-0.4, -0.2) is 35.0 Å². The van der Waals surface area contributed by atoms with Crippen molar-refractivity contribution in [3.63, 3.8) is 0 Å². The lowest BCUT2D eigenvalue weighted by Crippen LogP contribution is -2.44. The number of anilines is 1. The minimum absolute atomic E-state index is 0.0117. The summed E-state index contributed by atoms with van der Waals surface area (Å²) in [5.74, 6) is 0. The van der Waals surface area contributed by atoms with Crippen LogP contribution in [0.25, 0.3) is 0 Å². The standard InChI is InChI=1S/C11H16N2O3/c1-11(16,8-14)7-12-10(15)13-9-5-3-2-4-6-9/h2-6,14,16H,7-8H2,1H3,(H2,12,13,15). The molecular weight excluding hydrogens is 208 g/mol. The molecule has 0 fully saturated rings. The number of benzene rings is 1. The molecule has 1 unspecified atom stereocenters. The maximum atomic E-state index is 11.4. The first-order valence-electron chi connectivity index (χ1n) is 4.97. The summed E-state index contributed by atoms with van der Waals surface area (Å²) < 4.78 is 0. The van der Waals surface area contributed by atoms with Crippen LogP contribution in [0.4, 0.5) is 10.5 Å². The van der Waals surface area contributed by atoms with Crippen LogP contribution in [-0.2, 0) is 0 Å². The van der Waals surface area contributed by atoms with E-state index in [1.54, 1.807) is 24.3 Å². The van der Waals surface area contributed by atoms with Gasteiger partial charge in [-0.25, -0.2) is 4.79 Å². The third-order valence-corrected chi connectivity index (χ3v) is 2.00. The minimum Gasteiger partial charge on any atom is -0.393 e. The fourth-order valence-corrected chi connectivity index (χ4v) is 1.02. The molecule has 0 bridgehead atoms. The SMILES string of the molecule is CC(O)(CO)CNC(=O)Nc1ccccc1. The summed E-state index contributed by atoms with van der Waals surface area (Å²) in [7, 11) is 0. The Hall–Kier alpha value is -1.59. The molecule has 0 aliphatic rings. The molecule has 1 aromatic carbocycles. The molecule has 0 aromatic heterocycles. The average Bonchev–Trinajstić information content (AvgIpc) is 2.28. The van der Waals surface area contributed by atoms with Gasteiger partial charge in [-0.3, -0.25) is 0 Å². The molecule has 0 spiro atoms. The number of carbonyl (C=O) groups is 1. The van der Waals surface area contributed by atoms with Crippen molar-refractivity contribution in [2.45, 2.75) is 12.5 Å². The number of hydrogen-bond donors (Lipinski definition) is 4. The molecule has 0 heterocycles. The van der Waals surface area contributed by atoms with Crippen molar-refractivity contribution in [2.24, 2.45) is 0 Å². The first-order chi connectivity index (χ1) is 7.53. The van der Waals surface area contributed by atoms with Crippen molar-refractivity contribution in [1.82, 2.24) is 5.32 Å². The maximum Gasteiger partial charge on any atom is 0.319 e. The van der Waals surface area contributed by atoms with Crippen LogP contribution in [0.5, 0.6) is 0 Å². The highest BCUT2D eigenvalue weighted by atomic mass is 16.3. The summed E-state index contributed by atoms with van der Waals surface area (Å²) in [6.07, 6.45) is 0. The maximum absolute atomic E-state index is 11.4. The number of carbonyl (C=O) groups excluding carboxylic acids is 1. The molecule has 4 N–H and O–H groups in total. The Bertz CT molecular complexity index is 338. The largest absolute Gasteiger partial charge is 0.393 e. The monoisotopic (exact) mass is 224 g/mol. The summed E-state index contributed by atoms with van der Waals surface area (Å²) in [4.78, 5) is 11.4. The molecule has 1 atom stereocenters. The van der Waals surface area contributed by atoms with E-state index in [1.165, 1.54) is 6.92 Å². The van der Waals surface area contributed by atoms with Gasteiger partial charge in [-0.2, -0.15) is 0 Å². The Kier molecular flexibility index (Phi) is 4.28. The second-order valence-electron chi connectivity index (χ2n) is 3.83. The number of rotatable bonds is 4. The van der Waals surface area contributed by atoms with Gasteiger partial charge in [-0.15, -0.1) is 0 Å². The Labute approximate surface area is 94.1 Å². The van der Waals surface area contributed by atoms with Crippen molar-refractivity contribution in [3.05, 3.63) is 30.3 Å². The lowest BCUT2D eigenvalue weighted by molar-refractivity contribution is 0.00514. The molecule has 0 saturated heterocycles. The molecule has 0 radical (unpaired) electrons. The summed E-state index contributed by atoms with van der Waals surface area (Å²) >= 11 is 0. The number of hydrogen-bond acceptors (Lipinski definition) is 3. The molecule has 5 heteroatoms. The zero-order chi connectivity index (χ0) is 12.0. The summed E-state index contributed by atoms with van der Waals surface area (Å²) in [5.41, 5.74) is -0.628. The number of urea groups is 1. The predicted molar refractivity (Wildman–Crippen MR) is 61.2 cm³/mol. The predicted octanol–water partition coefficient (Wildman–Crippen LogP) is 0.551. The molecule has 0 aliphatic carbocycles. The van der Waals surface area contributed by atoms with Gasteiger partial charge in [0.15, 0.2) is 0 Å². The molecule has 5 nitrogen and oxygen atoms in total. The second-order valence-corrected chi connectivity index (χ2v) is 3.83. The van der Waals surface area contributed by atoms with Crippen molar-refractivity contribution < 1.29 is 15.0 Å². The van der Waals surface area contributed by atoms with Crippen LogP contribution in [0.1, 0.15) is 6.92 Å². The highest BCUT2D eigenvalue weighted by molar-refractivity contribution is 5.89. The van der Waals surface area contributed by atoms with E-state index in [4.69, 9.17) is 5.11 Å². The van der Waals surface area contributed by atoms with E-state index in [2.05, 4.69) is 10.6 Å². The van der Waals surface area contributed by atoms with Crippen molar-refractivity contribution in [3.8, 4) is 0 Å². The third kappa shape index (κ3) is 4.29. The summed E-state index contributed by atoms with van der Waals surface area (Å²) in [5, 5.41) is 23.3. The van der Waals surface area contributed by atoms with Gasteiger partial charge in [0.1, 0.15) is 5.60 Å². The summed E-state index contributed by atoms with van der Waals surface area (Å²) in [6, 6.07) is 8.55. The van der Waals surface area contributed by atoms with E-state index >= 15 is 0 Å². The van der Waals surface area contributed by atoms with Gasteiger partial charge in [0.25, 0.3) is 0 Å². The Morgan fingerprint density at radius 1 is 1.38 bits per heavy atom. The van der Waals surface area contributed by atoms with Crippen molar-refractivity contribution >= 4 is 11.7 Å². The van der Waals surface area contributed by atoms with Crippen LogP contribution < -0.4 is 10.6 Å². The van der Waals surface area contributed by atoms with E-state index in [0.29, 0.717) is 5.69 Å². The number of aliphatic hydroxyl groups is 2. The van der Waals surface area contributed by atoms with Crippen LogP contribution in [0.15, 0.2) is 30.3 Å². The third-order valence-electron chi connectivity index (χ3n) is 2.00.